The van der Waals surface area contributed by atoms with Crippen LogP contribution in [0.5, 0.6) is 0 Å². The number of hydrogen-bond acceptors (Lipinski definition) is 10. The highest BCUT2D eigenvalue weighted by molar-refractivity contribution is 7.98. The summed E-state index contributed by atoms with van der Waals surface area (Å²) in [7, 11) is 0. The molecule has 0 spiro atoms. The molecule has 0 radical (unpaired) electrons. The van der Waals surface area contributed by atoms with Gasteiger partial charge >= 0.3 is 5.97 Å². The molecule has 2 aromatic heterocycles. The van der Waals surface area contributed by atoms with E-state index in [1.54, 1.807) is 23.6 Å². The molecule has 2 heterocycles. The Morgan fingerprint density at radius 3 is 3.04 bits per heavy atom. The largest absolute Gasteiger partial charge is 0.389 e. The molecule has 0 fully saturated rings. The third kappa shape index (κ3) is 3.46. The molecule has 0 saturated carbocycles. The molecular formula is C13H12N6O3S2. The highest BCUT2D eigenvalue weighted by atomic mass is 32.2. The molecular weight excluding hydrogens is 352 g/mol. The van der Waals surface area contributed by atoms with Crippen LogP contribution in [0.2, 0.25) is 0 Å². The maximum atomic E-state index is 12.5. The van der Waals surface area contributed by atoms with Crippen molar-refractivity contribution < 1.29 is 14.5 Å². The number of nitrogens with two attached hydrogens (primary N) is 1. The van der Waals surface area contributed by atoms with Gasteiger partial charge in [-0.1, -0.05) is 22.1 Å². The summed E-state index contributed by atoms with van der Waals surface area (Å²) in [6.45, 7) is 0. The van der Waals surface area contributed by atoms with Crippen LogP contribution in [0.25, 0.3) is 11.0 Å². The Balaban J connectivity index is 1.87. The number of thiazole rings is 1. The number of oxime groups is 1. The van der Waals surface area contributed by atoms with Crippen LogP contribution in [0.3, 0.4) is 0 Å². The zero-order valence-corrected chi connectivity index (χ0v) is 14.1. The Bertz CT molecular complexity index is 891. The summed E-state index contributed by atoms with van der Waals surface area (Å²) in [5.74, 6) is -0.500. The maximum absolute atomic E-state index is 12.5. The standard InChI is InChI=1S/C13H12N6O3S2/c1-23-7-21-17-11(9-6-24-13(14)15-9)12(20)22-19-10-5-3-2-4-8(10)16-18-19/h2-6H,7H2,1H3,(H2,14,15)/b17-11-. The molecule has 0 aliphatic heterocycles. The van der Waals surface area contributed by atoms with Crippen LogP contribution in [0.1, 0.15) is 5.69 Å². The molecule has 0 atom stereocenters. The van der Waals surface area contributed by atoms with Crippen LogP contribution in [-0.4, -0.2) is 44.0 Å². The number of benzene rings is 1. The van der Waals surface area contributed by atoms with Crippen molar-refractivity contribution in [3.63, 3.8) is 0 Å². The van der Waals surface area contributed by atoms with Gasteiger partial charge in [-0.15, -0.1) is 28.2 Å². The number of aromatic nitrogens is 4. The fourth-order valence-electron chi connectivity index (χ4n) is 1.77. The minimum absolute atomic E-state index is 0.100. The first-order chi connectivity index (χ1) is 11.7. The van der Waals surface area contributed by atoms with E-state index in [1.807, 2.05) is 12.3 Å². The van der Waals surface area contributed by atoms with Gasteiger partial charge in [0.2, 0.25) is 5.71 Å². The van der Waals surface area contributed by atoms with E-state index >= 15 is 0 Å². The molecule has 0 amide bonds. The molecule has 124 valence electrons. The van der Waals surface area contributed by atoms with Crippen LogP contribution in [0, 0.1) is 0 Å². The van der Waals surface area contributed by atoms with Crippen molar-refractivity contribution in [1.82, 2.24) is 20.1 Å². The van der Waals surface area contributed by atoms with E-state index in [0.29, 0.717) is 16.2 Å². The molecule has 11 heteroatoms. The van der Waals surface area contributed by atoms with Crippen LogP contribution in [0.15, 0.2) is 34.8 Å². The molecule has 3 aromatic rings. The number of thioether (sulfide) groups is 1. The normalized spacial score (nSPS) is 11.6. The summed E-state index contributed by atoms with van der Waals surface area (Å²) in [6, 6.07) is 7.08. The van der Waals surface area contributed by atoms with E-state index in [-0.39, 0.29) is 17.3 Å². The SMILES string of the molecule is CSCO/N=C(\C(=O)On1nnc2ccccc21)c1csc(N)n1. The van der Waals surface area contributed by atoms with Crippen molar-refractivity contribution in [2.24, 2.45) is 5.16 Å². The second-order valence-electron chi connectivity index (χ2n) is 4.38. The highest BCUT2D eigenvalue weighted by Gasteiger charge is 2.22. The summed E-state index contributed by atoms with van der Waals surface area (Å²) in [5, 5.41) is 13.4. The second kappa shape index (κ2) is 7.27. The zero-order valence-electron chi connectivity index (χ0n) is 12.4. The number of anilines is 1. The molecule has 9 nitrogen and oxygen atoms in total. The Labute approximate surface area is 144 Å². The fraction of sp³-hybridized carbons (Fsp3) is 0.154. The molecule has 2 N–H and O–H groups in total. The van der Waals surface area contributed by atoms with Crippen molar-refractivity contribution in [2.75, 3.05) is 17.9 Å². The number of fused-ring (bicyclic) bond motifs is 1. The Hall–Kier alpha value is -2.66. The summed E-state index contributed by atoms with van der Waals surface area (Å²) >= 11 is 2.59. The maximum Gasteiger partial charge on any atom is 0.389 e. The van der Waals surface area contributed by atoms with Gasteiger partial charge in [0.1, 0.15) is 16.7 Å². The summed E-state index contributed by atoms with van der Waals surface area (Å²) in [4.78, 5) is 27.8. The van der Waals surface area contributed by atoms with Gasteiger partial charge in [0.15, 0.2) is 11.1 Å². The summed E-state index contributed by atoms with van der Waals surface area (Å²) in [6.07, 6.45) is 1.84. The lowest BCUT2D eigenvalue weighted by molar-refractivity contribution is -0.137. The topological polar surface area (TPSA) is 118 Å². The van der Waals surface area contributed by atoms with Gasteiger partial charge in [-0.25, -0.2) is 9.78 Å². The smallest absolute Gasteiger partial charge is 0.384 e. The van der Waals surface area contributed by atoms with Gasteiger partial charge in [0.25, 0.3) is 0 Å². The molecule has 3 rings (SSSR count). The first kappa shape index (κ1) is 16.2. The van der Waals surface area contributed by atoms with Gasteiger partial charge in [-0.05, 0) is 23.6 Å². The van der Waals surface area contributed by atoms with Gasteiger partial charge in [0.05, 0.1) is 0 Å². The number of hydrogen-bond donors (Lipinski definition) is 1. The number of nitrogens with zero attached hydrogens (tertiary/aromatic N) is 5. The average Bonchev–Trinajstić information content (AvgIpc) is 3.18. The van der Waals surface area contributed by atoms with E-state index in [1.165, 1.54) is 23.1 Å². The van der Waals surface area contributed by atoms with Crippen molar-refractivity contribution in [3.05, 3.63) is 35.3 Å². The van der Waals surface area contributed by atoms with Crippen molar-refractivity contribution >= 4 is 50.9 Å². The zero-order chi connectivity index (χ0) is 16.9. The first-order valence-electron chi connectivity index (χ1n) is 6.62. The Morgan fingerprint density at radius 2 is 2.29 bits per heavy atom. The van der Waals surface area contributed by atoms with E-state index < -0.39 is 5.97 Å². The van der Waals surface area contributed by atoms with E-state index in [0.717, 1.165) is 4.85 Å². The number of rotatable bonds is 6. The van der Waals surface area contributed by atoms with Crippen molar-refractivity contribution in [2.45, 2.75) is 0 Å². The lowest BCUT2D eigenvalue weighted by Gasteiger charge is -2.04. The molecule has 1 aromatic carbocycles. The predicted molar refractivity (Wildman–Crippen MR) is 91.6 cm³/mol. The minimum Gasteiger partial charge on any atom is -0.384 e. The van der Waals surface area contributed by atoms with Gasteiger partial charge in [0, 0.05) is 5.38 Å². The predicted octanol–water partition coefficient (Wildman–Crippen LogP) is 1.17. The Kier molecular flexibility index (Phi) is 4.91. The Morgan fingerprint density at radius 1 is 1.46 bits per heavy atom. The van der Waals surface area contributed by atoms with Crippen LogP contribution in [0.4, 0.5) is 5.13 Å². The summed E-state index contributed by atoms with van der Waals surface area (Å²) in [5.41, 5.74) is 6.93. The third-order valence-corrected chi connectivity index (χ3v) is 3.79. The molecule has 24 heavy (non-hydrogen) atoms. The molecule has 0 aliphatic carbocycles. The van der Waals surface area contributed by atoms with Crippen molar-refractivity contribution in [3.8, 4) is 0 Å². The van der Waals surface area contributed by atoms with E-state index in [4.69, 9.17) is 15.4 Å². The highest BCUT2D eigenvalue weighted by Crippen LogP contribution is 2.14. The third-order valence-electron chi connectivity index (χ3n) is 2.78. The lowest BCUT2D eigenvalue weighted by atomic mass is 10.3. The number of carbonyl (C=O) groups excluding carboxylic acids is 1. The average molecular weight is 364 g/mol. The first-order valence-corrected chi connectivity index (χ1v) is 8.90. The molecule has 0 bridgehead atoms. The lowest BCUT2D eigenvalue weighted by Crippen LogP contribution is -2.29. The number of nitrogen functional groups attached to an aromatic ring is 1. The van der Waals surface area contributed by atoms with Gasteiger partial charge in [-0.2, -0.15) is 0 Å². The van der Waals surface area contributed by atoms with Crippen LogP contribution >= 0.6 is 23.1 Å². The molecule has 0 aliphatic rings. The number of carbonyl (C=O) groups is 1. The quantitative estimate of drug-likeness (QED) is 0.228. The van der Waals surface area contributed by atoms with E-state index in [2.05, 4.69) is 20.5 Å². The van der Waals surface area contributed by atoms with Crippen LogP contribution < -0.4 is 10.6 Å². The molecule has 0 saturated heterocycles. The molecule has 0 unspecified atom stereocenters. The second-order valence-corrected chi connectivity index (χ2v) is 6.08. The fourth-order valence-corrected chi connectivity index (χ4v) is 2.47. The van der Waals surface area contributed by atoms with Gasteiger partial charge in [-0.3, -0.25) is 0 Å². The monoisotopic (exact) mass is 364 g/mol. The minimum atomic E-state index is -0.781. The van der Waals surface area contributed by atoms with Crippen molar-refractivity contribution in [1.29, 1.82) is 0 Å². The van der Waals surface area contributed by atoms with Gasteiger partial charge < -0.3 is 15.4 Å². The number of para-hydroxylation sites is 1. The summed E-state index contributed by atoms with van der Waals surface area (Å²) < 4.78 is 0. The van der Waals surface area contributed by atoms with E-state index in [9.17, 15) is 4.79 Å². The van der Waals surface area contributed by atoms with Crippen LogP contribution in [-0.2, 0) is 9.63 Å².